The van der Waals surface area contributed by atoms with E-state index in [-0.39, 0.29) is 0 Å². The second-order valence-corrected chi connectivity index (χ2v) is 5.91. The lowest BCUT2D eigenvalue weighted by molar-refractivity contribution is 0.0945. The molecular formula is C17H25N3O. The van der Waals surface area contributed by atoms with Crippen LogP contribution >= 0.6 is 0 Å². The van der Waals surface area contributed by atoms with Crippen molar-refractivity contribution in [3.63, 3.8) is 0 Å². The van der Waals surface area contributed by atoms with Crippen LogP contribution in [0.4, 0.5) is 0 Å². The maximum Gasteiger partial charge on any atom is 0.111 e. The highest BCUT2D eigenvalue weighted by Gasteiger charge is 2.22. The van der Waals surface area contributed by atoms with E-state index < -0.39 is 0 Å². The summed E-state index contributed by atoms with van der Waals surface area (Å²) in [6.07, 6.45) is 4.86. The molecule has 0 amide bonds. The van der Waals surface area contributed by atoms with Crippen LogP contribution in [0.2, 0.25) is 0 Å². The number of nitrogens with zero attached hydrogens (tertiary/aromatic N) is 2. The molecule has 3 rings (SSSR count). The summed E-state index contributed by atoms with van der Waals surface area (Å²) in [4.78, 5) is 4.79. The third kappa shape index (κ3) is 3.27. The number of aromatic nitrogens is 2. The molecule has 2 heterocycles. The predicted molar refractivity (Wildman–Crippen MR) is 85.5 cm³/mol. The topological polar surface area (TPSA) is 39.1 Å². The van der Waals surface area contributed by atoms with Crippen LogP contribution in [0.1, 0.15) is 32.0 Å². The molecule has 114 valence electrons. The zero-order valence-corrected chi connectivity index (χ0v) is 13.0. The fourth-order valence-electron chi connectivity index (χ4n) is 3.27. The van der Waals surface area contributed by atoms with Gasteiger partial charge in [-0.05, 0) is 37.9 Å². The Bertz CT molecular complexity index is 587. The molecule has 0 radical (unpaired) electrons. The number of aryl methyl sites for hydroxylation is 1. The number of ether oxygens (including phenoxy) is 1. The van der Waals surface area contributed by atoms with E-state index in [0.717, 1.165) is 37.3 Å². The Morgan fingerprint density at radius 2 is 2.29 bits per heavy atom. The summed E-state index contributed by atoms with van der Waals surface area (Å²) in [5, 5.41) is 3.60. The van der Waals surface area contributed by atoms with Gasteiger partial charge >= 0.3 is 0 Å². The predicted octanol–water partition coefficient (Wildman–Crippen LogP) is 2.66. The summed E-state index contributed by atoms with van der Waals surface area (Å²) in [6, 6.07) is 8.78. The Hall–Kier alpha value is -1.39. The Morgan fingerprint density at radius 3 is 3.00 bits per heavy atom. The lowest BCUT2D eigenvalue weighted by Gasteiger charge is -2.21. The number of nitrogens with one attached hydrogen (secondary N) is 1. The summed E-state index contributed by atoms with van der Waals surface area (Å²) in [5.74, 6) is 1.15. The summed E-state index contributed by atoms with van der Waals surface area (Å²) in [7, 11) is 2.11. The molecule has 1 aliphatic rings. The Labute approximate surface area is 126 Å². The molecule has 2 aromatic rings. The van der Waals surface area contributed by atoms with Gasteiger partial charge in [0.15, 0.2) is 0 Å². The van der Waals surface area contributed by atoms with Gasteiger partial charge in [-0.15, -0.1) is 0 Å². The fourth-order valence-corrected chi connectivity index (χ4v) is 3.27. The first-order valence-electron chi connectivity index (χ1n) is 8.03. The van der Waals surface area contributed by atoms with Crippen molar-refractivity contribution in [2.45, 2.75) is 44.8 Å². The van der Waals surface area contributed by atoms with E-state index >= 15 is 0 Å². The van der Waals surface area contributed by atoms with E-state index in [1.807, 2.05) is 6.07 Å². The summed E-state index contributed by atoms with van der Waals surface area (Å²) >= 11 is 0. The minimum absolute atomic E-state index is 0.420. The smallest absolute Gasteiger partial charge is 0.111 e. The molecule has 1 aliphatic heterocycles. The Balaban J connectivity index is 1.75. The number of fused-ring (bicyclic) bond motifs is 1. The van der Waals surface area contributed by atoms with E-state index in [4.69, 9.17) is 9.72 Å². The third-order valence-electron chi connectivity index (χ3n) is 4.37. The van der Waals surface area contributed by atoms with Crippen LogP contribution in [0.5, 0.6) is 0 Å². The fraction of sp³-hybridized carbons (Fsp3) is 0.588. The first-order chi connectivity index (χ1) is 10.3. The molecule has 4 heteroatoms. The van der Waals surface area contributed by atoms with Gasteiger partial charge in [0.25, 0.3) is 0 Å². The summed E-state index contributed by atoms with van der Waals surface area (Å²) < 4.78 is 8.01. The number of likely N-dealkylation sites (N-methyl/N-ethyl adjacent to an activating group) is 1. The van der Waals surface area contributed by atoms with Crippen LogP contribution in [-0.4, -0.2) is 34.8 Å². The average Bonchev–Trinajstić information content (AvgIpc) is 3.09. The van der Waals surface area contributed by atoms with Gasteiger partial charge in [0.05, 0.1) is 17.1 Å². The van der Waals surface area contributed by atoms with Crippen molar-refractivity contribution >= 4 is 11.0 Å². The van der Waals surface area contributed by atoms with Crippen LogP contribution < -0.4 is 5.32 Å². The molecule has 2 atom stereocenters. The van der Waals surface area contributed by atoms with Crippen molar-refractivity contribution in [2.24, 2.45) is 7.05 Å². The summed E-state index contributed by atoms with van der Waals surface area (Å²) in [5.41, 5.74) is 2.29. The normalized spacial score (nSPS) is 20.2. The van der Waals surface area contributed by atoms with Gasteiger partial charge in [0.2, 0.25) is 0 Å². The molecule has 0 bridgehead atoms. The molecular weight excluding hydrogens is 262 g/mol. The van der Waals surface area contributed by atoms with Crippen LogP contribution in [0.25, 0.3) is 11.0 Å². The first kappa shape index (κ1) is 14.5. The van der Waals surface area contributed by atoms with E-state index in [9.17, 15) is 0 Å². The van der Waals surface area contributed by atoms with E-state index in [0.29, 0.717) is 12.1 Å². The van der Waals surface area contributed by atoms with Crippen LogP contribution in [-0.2, 0) is 18.2 Å². The molecule has 1 saturated heterocycles. The zero-order chi connectivity index (χ0) is 14.7. The zero-order valence-electron chi connectivity index (χ0n) is 13.0. The van der Waals surface area contributed by atoms with Crippen molar-refractivity contribution in [3.8, 4) is 0 Å². The van der Waals surface area contributed by atoms with Crippen LogP contribution in [0.15, 0.2) is 24.3 Å². The number of rotatable bonds is 6. The highest BCUT2D eigenvalue weighted by molar-refractivity contribution is 5.75. The van der Waals surface area contributed by atoms with Gasteiger partial charge in [-0.25, -0.2) is 4.98 Å². The van der Waals surface area contributed by atoms with Crippen LogP contribution in [0, 0.1) is 0 Å². The Kier molecular flexibility index (Phi) is 4.56. The number of benzene rings is 1. The van der Waals surface area contributed by atoms with Gasteiger partial charge in [-0.1, -0.05) is 19.1 Å². The molecule has 2 unspecified atom stereocenters. The lowest BCUT2D eigenvalue weighted by Crippen LogP contribution is -2.35. The van der Waals surface area contributed by atoms with Crippen molar-refractivity contribution in [3.05, 3.63) is 30.1 Å². The van der Waals surface area contributed by atoms with Gasteiger partial charge in [0.1, 0.15) is 5.82 Å². The highest BCUT2D eigenvalue weighted by atomic mass is 16.5. The van der Waals surface area contributed by atoms with Crippen molar-refractivity contribution in [1.29, 1.82) is 0 Å². The third-order valence-corrected chi connectivity index (χ3v) is 4.37. The van der Waals surface area contributed by atoms with E-state index in [1.165, 1.54) is 18.4 Å². The number of hydrogen-bond donors (Lipinski definition) is 1. The van der Waals surface area contributed by atoms with Crippen molar-refractivity contribution in [1.82, 2.24) is 14.9 Å². The van der Waals surface area contributed by atoms with E-state index in [1.54, 1.807) is 0 Å². The maximum atomic E-state index is 5.79. The molecule has 0 saturated carbocycles. The van der Waals surface area contributed by atoms with Crippen molar-refractivity contribution < 1.29 is 4.74 Å². The SMILES string of the molecule is CCNC(Cc1nc2ccccc2n1C)CC1CCCO1. The average molecular weight is 287 g/mol. The molecule has 4 nitrogen and oxygen atoms in total. The molecule has 1 fully saturated rings. The molecule has 0 spiro atoms. The first-order valence-corrected chi connectivity index (χ1v) is 8.03. The minimum atomic E-state index is 0.420. The second-order valence-electron chi connectivity index (χ2n) is 5.91. The van der Waals surface area contributed by atoms with E-state index in [2.05, 4.69) is 42.1 Å². The van der Waals surface area contributed by atoms with Gasteiger partial charge in [0, 0.05) is 26.1 Å². The van der Waals surface area contributed by atoms with Gasteiger partial charge in [-0.2, -0.15) is 0 Å². The standard InChI is InChI=1S/C17H25N3O/c1-3-18-13(11-14-7-6-10-21-14)12-17-19-15-8-4-5-9-16(15)20(17)2/h4-5,8-9,13-14,18H,3,6-7,10-12H2,1-2H3. The molecule has 0 aliphatic carbocycles. The number of imidazole rings is 1. The minimum Gasteiger partial charge on any atom is -0.378 e. The second kappa shape index (κ2) is 6.58. The largest absolute Gasteiger partial charge is 0.378 e. The Morgan fingerprint density at radius 1 is 1.43 bits per heavy atom. The quantitative estimate of drug-likeness (QED) is 0.888. The van der Waals surface area contributed by atoms with Gasteiger partial charge in [-0.3, -0.25) is 0 Å². The molecule has 1 N–H and O–H groups in total. The number of hydrogen-bond acceptors (Lipinski definition) is 3. The molecule has 1 aromatic heterocycles. The number of para-hydroxylation sites is 2. The molecule has 21 heavy (non-hydrogen) atoms. The lowest BCUT2D eigenvalue weighted by atomic mass is 10.0. The summed E-state index contributed by atoms with van der Waals surface area (Å²) in [6.45, 7) is 4.08. The van der Waals surface area contributed by atoms with Gasteiger partial charge < -0.3 is 14.6 Å². The molecule has 1 aromatic carbocycles. The van der Waals surface area contributed by atoms with Crippen LogP contribution in [0.3, 0.4) is 0 Å². The monoisotopic (exact) mass is 287 g/mol. The van der Waals surface area contributed by atoms with Crippen molar-refractivity contribution in [2.75, 3.05) is 13.2 Å². The maximum absolute atomic E-state index is 5.79. The highest BCUT2D eigenvalue weighted by Crippen LogP contribution is 2.20.